The number of nitrogens with zero attached hydrogens (tertiary/aromatic N) is 1. The molecule has 2 aliphatic rings. The Hall–Kier alpha value is -2.04. The lowest BCUT2D eigenvalue weighted by molar-refractivity contribution is -0.173. The maximum absolute atomic E-state index is 13.1. The fraction of sp³-hybridized carbons (Fsp3) is 0.600. The normalized spacial score (nSPS) is 29.1. The summed E-state index contributed by atoms with van der Waals surface area (Å²) in [6.45, 7) is 8.29. The molecule has 1 aromatic rings. The van der Waals surface area contributed by atoms with Crippen LogP contribution in [0.2, 0.25) is 0 Å². The monoisotopic (exact) mass is 345 g/mol. The quantitative estimate of drug-likeness (QED) is 0.620. The van der Waals surface area contributed by atoms with Gasteiger partial charge in [-0.2, -0.15) is 0 Å². The maximum Gasteiger partial charge on any atom is 0.325 e. The lowest BCUT2D eigenvalue weighted by Gasteiger charge is -2.38. The number of hydrogen-bond acceptors (Lipinski definition) is 5. The number of esters is 2. The van der Waals surface area contributed by atoms with E-state index < -0.39 is 17.4 Å². The Morgan fingerprint density at radius 3 is 2.28 bits per heavy atom. The molecule has 5 nitrogen and oxygen atoms in total. The molecule has 1 aliphatic heterocycles. The minimum Gasteiger partial charge on any atom is -0.465 e. The summed E-state index contributed by atoms with van der Waals surface area (Å²) < 4.78 is 10.8. The molecule has 5 heteroatoms. The summed E-state index contributed by atoms with van der Waals surface area (Å²) in [5.74, 6) is -0.792. The number of likely N-dealkylation sites (N-methyl/N-ethyl adjacent to an activating group) is 1. The number of fused-ring (bicyclic) bond motifs is 3. The van der Waals surface area contributed by atoms with Crippen LogP contribution in [-0.2, 0) is 24.5 Å². The van der Waals surface area contributed by atoms with Crippen molar-refractivity contribution in [1.82, 2.24) is 0 Å². The summed E-state index contributed by atoms with van der Waals surface area (Å²) in [6, 6.07) is 7.84. The fourth-order valence-electron chi connectivity index (χ4n) is 5.10. The molecule has 1 heterocycles. The smallest absolute Gasteiger partial charge is 0.325 e. The maximum atomic E-state index is 13.1. The molecule has 1 aromatic carbocycles. The van der Waals surface area contributed by atoms with Crippen molar-refractivity contribution < 1.29 is 19.1 Å². The van der Waals surface area contributed by atoms with Crippen molar-refractivity contribution in [2.24, 2.45) is 11.3 Å². The van der Waals surface area contributed by atoms with Gasteiger partial charge in [0.1, 0.15) is 0 Å². The van der Waals surface area contributed by atoms with Gasteiger partial charge < -0.3 is 14.4 Å². The molecule has 3 rings (SSSR count). The number of hydrogen-bond donors (Lipinski definition) is 0. The van der Waals surface area contributed by atoms with Gasteiger partial charge in [0.05, 0.1) is 19.3 Å². The molecule has 3 atom stereocenters. The van der Waals surface area contributed by atoms with Crippen LogP contribution in [0.25, 0.3) is 0 Å². The third kappa shape index (κ3) is 2.14. The predicted octanol–water partition coefficient (Wildman–Crippen LogP) is 2.92. The Balaban J connectivity index is 2.20. The van der Waals surface area contributed by atoms with Crippen molar-refractivity contribution in [2.45, 2.75) is 45.6 Å². The second-order valence-corrected chi connectivity index (χ2v) is 7.33. The molecule has 136 valence electrons. The summed E-state index contributed by atoms with van der Waals surface area (Å²) in [6.07, 6.45) is 0.435. The zero-order valence-corrected chi connectivity index (χ0v) is 15.7. The van der Waals surface area contributed by atoms with Crippen LogP contribution in [0, 0.1) is 11.3 Å². The van der Waals surface area contributed by atoms with Crippen LogP contribution in [0.15, 0.2) is 24.3 Å². The van der Waals surface area contributed by atoms with Crippen LogP contribution in [-0.4, -0.2) is 38.2 Å². The van der Waals surface area contributed by atoms with Gasteiger partial charge in [-0.3, -0.25) is 9.59 Å². The number of ether oxygens (including phenoxy) is 2. The summed E-state index contributed by atoms with van der Waals surface area (Å²) in [5, 5.41) is 0. The number of anilines is 1. The molecule has 1 fully saturated rings. The Labute approximate surface area is 149 Å². The lowest BCUT2D eigenvalue weighted by Crippen LogP contribution is -2.56. The number of carbonyl (C=O) groups is 2. The van der Waals surface area contributed by atoms with Crippen LogP contribution in [0.3, 0.4) is 0 Å². The highest BCUT2D eigenvalue weighted by molar-refractivity contribution is 6.03. The highest BCUT2D eigenvalue weighted by atomic mass is 16.6. The van der Waals surface area contributed by atoms with Crippen LogP contribution >= 0.6 is 0 Å². The minimum atomic E-state index is -1.30. The summed E-state index contributed by atoms with van der Waals surface area (Å²) in [5.41, 5.74) is 0.642. The fourth-order valence-corrected chi connectivity index (χ4v) is 5.10. The average molecular weight is 345 g/mol. The molecular formula is C20H27NO4. The Morgan fingerprint density at radius 1 is 1.16 bits per heavy atom. The molecule has 0 bridgehead atoms. The van der Waals surface area contributed by atoms with Crippen molar-refractivity contribution in [3.05, 3.63) is 29.8 Å². The molecule has 0 spiro atoms. The van der Waals surface area contributed by atoms with E-state index in [1.54, 1.807) is 13.8 Å². The largest absolute Gasteiger partial charge is 0.465 e. The molecule has 1 saturated carbocycles. The lowest BCUT2D eigenvalue weighted by atomic mass is 9.71. The third-order valence-corrected chi connectivity index (χ3v) is 6.22. The number of benzene rings is 1. The summed E-state index contributed by atoms with van der Waals surface area (Å²) in [7, 11) is 1.96. The average Bonchev–Trinajstić information content (AvgIpc) is 2.97. The van der Waals surface area contributed by atoms with E-state index in [0.29, 0.717) is 6.42 Å². The molecule has 0 radical (unpaired) electrons. The van der Waals surface area contributed by atoms with Crippen molar-refractivity contribution in [3.8, 4) is 0 Å². The van der Waals surface area contributed by atoms with E-state index >= 15 is 0 Å². The Kier molecular flexibility index (Phi) is 4.30. The zero-order chi connectivity index (χ0) is 18.4. The molecule has 0 unspecified atom stereocenters. The van der Waals surface area contributed by atoms with Gasteiger partial charge in [0.2, 0.25) is 0 Å². The van der Waals surface area contributed by atoms with Gasteiger partial charge in [-0.05, 0) is 37.8 Å². The van der Waals surface area contributed by atoms with Crippen LogP contribution < -0.4 is 4.90 Å². The Morgan fingerprint density at radius 2 is 1.72 bits per heavy atom. The molecule has 0 amide bonds. The molecule has 0 N–H and O–H groups in total. The molecule has 0 aromatic heterocycles. The number of carbonyl (C=O) groups excluding carboxylic acids is 2. The second kappa shape index (κ2) is 6.04. The standard InChI is InChI=1S/C20H27NO4/c1-6-24-17(22)20(18(23)25-7-2)12-13(3)19(4)14-10-8-9-11-15(14)21(5)16(19)20/h8-11,13,16H,6-7,12H2,1-5H3/t13-,16-,19+/m1/s1. The van der Waals surface area contributed by atoms with E-state index in [9.17, 15) is 9.59 Å². The summed E-state index contributed by atoms with van der Waals surface area (Å²) in [4.78, 5) is 28.2. The van der Waals surface area contributed by atoms with Crippen molar-refractivity contribution in [2.75, 3.05) is 25.2 Å². The van der Waals surface area contributed by atoms with E-state index in [2.05, 4.69) is 24.8 Å². The van der Waals surface area contributed by atoms with Gasteiger partial charge in [-0.1, -0.05) is 32.0 Å². The van der Waals surface area contributed by atoms with E-state index in [1.807, 2.05) is 25.2 Å². The van der Waals surface area contributed by atoms with Crippen molar-refractivity contribution >= 4 is 17.6 Å². The van der Waals surface area contributed by atoms with Crippen LogP contribution in [0.5, 0.6) is 0 Å². The first-order chi connectivity index (χ1) is 11.9. The van der Waals surface area contributed by atoms with E-state index in [-0.39, 0.29) is 30.6 Å². The van der Waals surface area contributed by atoms with Crippen molar-refractivity contribution in [1.29, 1.82) is 0 Å². The molecule has 1 aliphatic carbocycles. The molecule has 25 heavy (non-hydrogen) atoms. The summed E-state index contributed by atoms with van der Waals surface area (Å²) >= 11 is 0. The van der Waals surface area contributed by atoms with Gasteiger partial charge in [-0.15, -0.1) is 0 Å². The number of para-hydroxylation sites is 1. The van der Waals surface area contributed by atoms with Gasteiger partial charge >= 0.3 is 11.9 Å². The van der Waals surface area contributed by atoms with Gasteiger partial charge in [0.15, 0.2) is 5.41 Å². The first-order valence-corrected chi connectivity index (χ1v) is 9.02. The SMILES string of the molecule is CCOC(=O)C1(C(=O)OCC)C[C@@H](C)[C@@]2(C)c3ccccc3N(C)[C@@H]12. The van der Waals surface area contributed by atoms with Gasteiger partial charge in [-0.25, -0.2) is 0 Å². The zero-order valence-electron chi connectivity index (χ0n) is 15.7. The molecule has 0 saturated heterocycles. The molecular weight excluding hydrogens is 318 g/mol. The highest BCUT2D eigenvalue weighted by Gasteiger charge is 2.72. The van der Waals surface area contributed by atoms with E-state index in [0.717, 1.165) is 5.69 Å². The van der Waals surface area contributed by atoms with E-state index in [1.165, 1.54) is 5.56 Å². The minimum absolute atomic E-state index is 0.136. The number of rotatable bonds is 4. The first kappa shape index (κ1) is 17.8. The first-order valence-electron chi connectivity index (χ1n) is 9.02. The van der Waals surface area contributed by atoms with Crippen molar-refractivity contribution in [3.63, 3.8) is 0 Å². The van der Waals surface area contributed by atoms with Crippen LogP contribution in [0.4, 0.5) is 5.69 Å². The van der Waals surface area contributed by atoms with E-state index in [4.69, 9.17) is 9.47 Å². The highest BCUT2D eigenvalue weighted by Crippen LogP contribution is 2.62. The van der Waals surface area contributed by atoms with Gasteiger partial charge in [0.25, 0.3) is 0 Å². The second-order valence-electron chi connectivity index (χ2n) is 7.33. The van der Waals surface area contributed by atoms with Crippen LogP contribution in [0.1, 0.15) is 39.7 Å². The third-order valence-electron chi connectivity index (χ3n) is 6.22. The predicted molar refractivity (Wildman–Crippen MR) is 95.5 cm³/mol. The van der Waals surface area contributed by atoms with Gasteiger partial charge in [0, 0.05) is 18.2 Å². The topological polar surface area (TPSA) is 55.8 Å². The Bertz CT molecular complexity index is 683.